The fourth-order valence-electron chi connectivity index (χ4n) is 5.36. The quantitative estimate of drug-likeness (QED) is 0.122. The summed E-state index contributed by atoms with van der Waals surface area (Å²) in [5, 5.41) is 13.5. The van der Waals surface area contributed by atoms with Gasteiger partial charge in [-0.1, -0.05) is 89.0 Å². The fourth-order valence-corrected chi connectivity index (χ4v) is 6.94. The molecule has 1 atom stereocenters. The molecule has 0 spiro atoms. The molecule has 5 aromatic rings. The van der Waals surface area contributed by atoms with Gasteiger partial charge in [0.25, 0.3) is 5.91 Å². The molecule has 0 saturated carbocycles. The summed E-state index contributed by atoms with van der Waals surface area (Å²) in [7, 11) is 1.56. The zero-order chi connectivity index (χ0) is 34.5. The Hall–Kier alpha value is -4.35. The summed E-state index contributed by atoms with van der Waals surface area (Å²) in [4.78, 5) is 19.0. The monoisotopic (exact) mass is 735 g/mol. The molecule has 252 valence electrons. The van der Waals surface area contributed by atoms with Crippen molar-refractivity contribution in [1.82, 2.24) is 14.8 Å². The molecule has 49 heavy (non-hydrogen) atoms. The minimum absolute atomic E-state index is 0.199. The number of allylic oxidation sites excluding steroid dienone is 1. The summed E-state index contributed by atoms with van der Waals surface area (Å²) in [6, 6.07) is 25.1. The largest absolute Gasteiger partial charge is 0.493 e. The van der Waals surface area contributed by atoms with Crippen LogP contribution in [-0.4, -0.2) is 34.4 Å². The summed E-state index contributed by atoms with van der Waals surface area (Å²) in [6.45, 7) is 4.39. The van der Waals surface area contributed by atoms with E-state index in [0.717, 1.165) is 16.7 Å². The van der Waals surface area contributed by atoms with Crippen molar-refractivity contribution in [3.8, 4) is 17.2 Å². The van der Waals surface area contributed by atoms with Gasteiger partial charge in [-0.2, -0.15) is 4.98 Å². The SMILES string of the molecule is CCOc1ccccc1NC(=O)C1=C(C)Nc2nc(SCc3ccccc3Cl)nn2C1c1ccc(OCc2ccc(Cl)cc2Cl)c(OC)c1. The first-order chi connectivity index (χ1) is 23.7. The van der Waals surface area contributed by atoms with Crippen molar-refractivity contribution in [1.29, 1.82) is 0 Å². The van der Waals surface area contributed by atoms with E-state index in [1.165, 1.54) is 11.8 Å². The predicted octanol–water partition coefficient (Wildman–Crippen LogP) is 9.44. The van der Waals surface area contributed by atoms with Crippen LogP contribution in [0.5, 0.6) is 17.2 Å². The molecule has 13 heteroatoms. The van der Waals surface area contributed by atoms with E-state index in [4.69, 9.17) is 59.1 Å². The zero-order valence-corrected chi connectivity index (χ0v) is 29.9. The lowest BCUT2D eigenvalue weighted by molar-refractivity contribution is -0.113. The Morgan fingerprint density at radius 2 is 1.71 bits per heavy atom. The average molecular weight is 737 g/mol. The van der Waals surface area contributed by atoms with Gasteiger partial charge in [0.05, 0.1) is 25.0 Å². The number of nitrogens with one attached hydrogen (secondary N) is 2. The number of hydrogen-bond donors (Lipinski definition) is 2. The number of carbonyl (C=O) groups excluding carboxylic acids is 1. The van der Waals surface area contributed by atoms with Crippen molar-refractivity contribution in [3.63, 3.8) is 0 Å². The van der Waals surface area contributed by atoms with Gasteiger partial charge >= 0.3 is 0 Å². The number of fused-ring (bicyclic) bond motifs is 1. The minimum atomic E-state index is -0.675. The van der Waals surface area contributed by atoms with Crippen molar-refractivity contribution < 1.29 is 19.0 Å². The van der Waals surface area contributed by atoms with Gasteiger partial charge in [0.1, 0.15) is 18.4 Å². The van der Waals surface area contributed by atoms with E-state index in [0.29, 0.717) is 72.7 Å². The van der Waals surface area contributed by atoms with Gasteiger partial charge in [0, 0.05) is 32.1 Å². The number of aromatic nitrogens is 3. The van der Waals surface area contributed by atoms with Crippen LogP contribution in [0.15, 0.2) is 101 Å². The zero-order valence-electron chi connectivity index (χ0n) is 26.8. The van der Waals surface area contributed by atoms with Crippen LogP contribution in [0.3, 0.4) is 0 Å². The molecule has 0 fully saturated rings. The van der Waals surface area contributed by atoms with E-state index >= 15 is 0 Å². The third kappa shape index (κ3) is 7.78. The standard InChI is InChI=1S/C36H32Cl3N5O4S/c1-4-47-29-12-8-7-11-28(29)41-34(45)32-21(2)40-35-42-36(49-20-24-9-5-6-10-26(24)38)43-44(35)33(32)22-14-16-30(31(17-22)46-3)48-19-23-13-15-25(37)18-27(23)39/h5-18,33H,4,19-20H2,1-3H3,(H,41,45)(H,40,42,43). The summed E-state index contributed by atoms with van der Waals surface area (Å²) in [5.74, 6) is 2.27. The van der Waals surface area contributed by atoms with E-state index in [2.05, 4.69) is 10.6 Å². The number of thioether (sulfide) groups is 1. The van der Waals surface area contributed by atoms with Gasteiger partial charge in [-0.25, -0.2) is 4.68 Å². The number of halogens is 3. The highest BCUT2D eigenvalue weighted by Crippen LogP contribution is 2.41. The van der Waals surface area contributed by atoms with Crippen molar-refractivity contribution in [3.05, 3.63) is 128 Å². The Morgan fingerprint density at radius 1 is 0.918 bits per heavy atom. The van der Waals surface area contributed by atoms with Crippen LogP contribution in [0.4, 0.5) is 11.6 Å². The first-order valence-electron chi connectivity index (χ1n) is 15.3. The van der Waals surface area contributed by atoms with Crippen LogP contribution >= 0.6 is 46.6 Å². The number of hydrogen-bond acceptors (Lipinski definition) is 8. The lowest BCUT2D eigenvalue weighted by Gasteiger charge is -2.29. The van der Waals surface area contributed by atoms with Crippen LogP contribution in [0.1, 0.15) is 36.6 Å². The molecule has 0 saturated heterocycles. The number of methoxy groups -OCH3 is 1. The van der Waals surface area contributed by atoms with Crippen molar-refractivity contribution in [2.45, 2.75) is 37.4 Å². The number of nitrogens with zero attached hydrogens (tertiary/aromatic N) is 3. The van der Waals surface area contributed by atoms with Gasteiger partial charge in [-0.05, 0) is 67.4 Å². The molecule has 1 aliphatic rings. The maximum absolute atomic E-state index is 14.2. The highest BCUT2D eigenvalue weighted by molar-refractivity contribution is 7.98. The summed E-state index contributed by atoms with van der Waals surface area (Å²) < 4.78 is 19.4. The third-order valence-corrected chi connectivity index (χ3v) is 9.57. The molecular formula is C36H32Cl3N5O4S. The maximum atomic E-state index is 14.2. The Labute approximate surface area is 303 Å². The molecule has 0 aliphatic carbocycles. The number of carbonyl (C=O) groups is 1. The molecule has 2 heterocycles. The van der Waals surface area contributed by atoms with Crippen molar-refractivity contribution >= 4 is 64.1 Å². The molecule has 1 aliphatic heterocycles. The normalized spacial score (nSPS) is 13.8. The maximum Gasteiger partial charge on any atom is 0.255 e. The van der Waals surface area contributed by atoms with Crippen LogP contribution in [-0.2, 0) is 17.2 Å². The highest BCUT2D eigenvalue weighted by Gasteiger charge is 2.35. The number of para-hydroxylation sites is 2. The number of amides is 1. The number of anilines is 2. The molecule has 2 N–H and O–H groups in total. The van der Waals surface area contributed by atoms with Crippen LogP contribution in [0, 0.1) is 0 Å². The first-order valence-corrected chi connectivity index (χ1v) is 17.5. The van der Waals surface area contributed by atoms with E-state index in [9.17, 15) is 4.79 Å². The molecule has 0 bridgehead atoms. The Kier molecular flexibility index (Phi) is 10.9. The summed E-state index contributed by atoms with van der Waals surface area (Å²) in [5.41, 5.74) is 4.08. The Morgan fingerprint density at radius 3 is 2.49 bits per heavy atom. The highest BCUT2D eigenvalue weighted by atomic mass is 35.5. The topological polar surface area (TPSA) is 99.5 Å². The molecule has 6 rings (SSSR count). The summed E-state index contributed by atoms with van der Waals surface area (Å²) >= 11 is 20.3. The molecule has 9 nitrogen and oxygen atoms in total. The molecule has 1 aromatic heterocycles. The molecule has 1 unspecified atom stereocenters. The second kappa shape index (κ2) is 15.5. The molecule has 0 radical (unpaired) electrons. The van der Waals surface area contributed by atoms with Gasteiger partial charge in [0.15, 0.2) is 11.5 Å². The van der Waals surface area contributed by atoms with Gasteiger partial charge in [-0.3, -0.25) is 4.79 Å². The van der Waals surface area contributed by atoms with Crippen LogP contribution < -0.4 is 24.8 Å². The molecule has 1 amide bonds. The lowest BCUT2D eigenvalue weighted by Crippen LogP contribution is -2.31. The second-order valence-electron chi connectivity index (χ2n) is 10.9. The fraction of sp³-hybridized carbons (Fsp3) is 0.194. The third-order valence-electron chi connectivity index (χ3n) is 7.73. The second-order valence-corrected chi connectivity index (χ2v) is 13.1. The Balaban J connectivity index is 1.35. The van der Waals surface area contributed by atoms with Crippen LogP contribution in [0.25, 0.3) is 0 Å². The van der Waals surface area contributed by atoms with E-state index < -0.39 is 6.04 Å². The predicted molar refractivity (Wildman–Crippen MR) is 196 cm³/mol. The van der Waals surface area contributed by atoms with Crippen molar-refractivity contribution in [2.75, 3.05) is 24.4 Å². The minimum Gasteiger partial charge on any atom is -0.493 e. The van der Waals surface area contributed by atoms with Crippen molar-refractivity contribution in [2.24, 2.45) is 0 Å². The average Bonchev–Trinajstić information content (AvgIpc) is 3.50. The first kappa shape index (κ1) is 34.5. The number of rotatable bonds is 12. The summed E-state index contributed by atoms with van der Waals surface area (Å²) in [6.07, 6.45) is 0. The van der Waals surface area contributed by atoms with E-state index in [1.807, 2.05) is 74.5 Å². The smallest absolute Gasteiger partial charge is 0.255 e. The molecular weight excluding hydrogens is 705 g/mol. The lowest BCUT2D eigenvalue weighted by atomic mass is 9.94. The number of ether oxygens (including phenoxy) is 3. The number of benzene rings is 4. The van der Waals surface area contributed by atoms with E-state index in [1.54, 1.807) is 36.1 Å². The Bertz CT molecular complexity index is 2040. The van der Waals surface area contributed by atoms with Crippen LogP contribution in [0.2, 0.25) is 15.1 Å². The molecule has 4 aromatic carbocycles. The van der Waals surface area contributed by atoms with E-state index in [-0.39, 0.29) is 12.5 Å². The van der Waals surface area contributed by atoms with Gasteiger partial charge in [0.2, 0.25) is 11.1 Å². The van der Waals surface area contributed by atoms with Gasteiger partial charge < -0.3 is 24.8 Å². The van der Waals surface area contributed by atoms with Gasteiger partial charge in [-0.15, -0.1) is 5.10 Å².